The summed E-state index contributed by atoms with van der Waals surface area (Å²) in [6.07, 6.45) is 0. The molecule has 0 aliphatic carbocycles. The lowest BCUT2D eigenvalue weighted by Gasteiger charge is -2.38. The molecule has 7 heteroatoms. The number of hydrogen-bond acceptors (Lipinski definition) is 4. The van der Waals surface area contributed by atoms with E-state index in [2.05, 4.69) is 57.1 Å². The number of nitrogens with zero attached hydrogens (tertiary/aromatic N) is 4. The Morgan fingerprint density at radius 2 is 1.85 bits per heavy atom. The number of rotatable bonds is 3. The minimum Gasteiger partial charge on any atom is -0.444 e. The van der Waals surface area contributed by atoms with Gasteiger partial charge in [-0.25, -0.2) is 4.98 Å². The molecule has 1 aliphatic heterocycles. The van der Waals surface area contributed by atoms with Gasteiger partial charge in [0.25, 0.3) is 0 Å². The van der Waals surface area contributed by atoms with Crippen molar-refractivity contribution in [3.8, 4) is 0 Å². The highest BCUT2D eigenvalue weighted by atomic mass is 127. The summed E-state index contributed by atoms with van der Waals surface area (Å²) in [5.74, 6) is 2.48. The Morgan fingerprint density at radius 1 is 1.15 bits per heavy atom. The third-order valence-electron chi connectivity index (χ3n) is 5.18. The number of aryl methyl sites for hydroxylation is 3. The normalized spacial score (nSPS) is 14.9. The van der Waals surface area contributed by atoms with E-state index in [9.17, 15) is 0 Å². The molecule has 6 nitrogen and oxygen atoms in total. The van der Waals surface area contributed by atoms with Gasteiger partial charge < -0.3 is 19.5 Å². The molecule has 0 unspecified atom stereocenters. The van der Waals surface area contributed by atoms with Crippen LogP contribution in [0.3, 0.4) is 0 Å². The van der Waals surface area contributed by atoms with Gasteiger partial charge in [-0.1, -0.05) is 12.1 Å². The van der Waals surface area contributed by atoms with Crippen molar-refractivity contribution in [3.63, 3.8) is 0 Å². The summed E-state index contributed by atoms with van der Waals surface area (Å²) >= 11 is 0. The van der Waals surface area contributed by atoms with Crippen molar-refractivity contribution in [1.82, 2.24) is 15.2 Å². The minimum atomic E-state index is 0. The van der Waals surface area contributed by atoms with E-state index in [1.54, 1.807) is 0 Å². The first-order valence-electron chi connectivity index (χ1n) is 9.19. The van der Waals surface area contributed by atoms with Crippen LogP contribution >= 0.6 is 24.0 Å². The van der Waals surface area contributed by atoms with Gasteiger partial charge >= 0.3 is 0 Å². The van der Waals surface area contributed by atoms with Crippen molar-refractivity contribution in [1.29, 1.82) is 0 Å². The molecule has 2 aromatic rings. The third kappa shape index (κ3) is 4.94. The van der Waals surface area contributed by atoms with Crippen LogP contribution in [0.15, 0.2) is 27.6 Å². The number of halogens is 1. The van der Waals surface area contributed by atoms with Crippen molar-refractivity contribution in [2.75, 3.05) is 38.1 Å². The lowest BCUT2D eigenvalue weighted by atomic mass is 10.1. The molecule has 1 aromatic heterocycles. The molecule has 27 heavy (non-hydrogen) atoms. The minimum absolute atomic E-state index is 0. The molecule has 0 amide bonds. The second-order valence-electron chi connectivity index (χ2n) is 6.84. The molecule has 0 saturated carbocycles. The van der Waals surface area contributed by atoms with Crippen molar-refractivity contribution in [2.45, 2.75) is 34.2 Å². The van der Waals surface area contributed by atoms with Crippen LogP contribution in [-0.4, -0.2) is 49.1 Å². The number of benzene rings is 1. The van der Waals surface area contributed by atoms with Gasteiger partial charge in [-0.05, 0) is 44.9 Å². The quantitative estimate of drug-likeness (QED) is 0.412. The van der Waals surface area contributed by atoms with E-state index in [4.69, 9.17) is 4.42 Å². The second-order valence-corrected chi connectivity index (χ2v) is 6.84. The maximum Gasteiger partial charge on any atom is 0.214 e. The fourth-order valence-electron chi connectivity index (χ4n) is 3.34. The zero-order valence-corrected chi connectivity index (χ0v) is 19.2. The predicted molar refractivity (Wildman–Crippen MR) is 121 cm³/mol. The fourth-order valence-corrected chi connectivity index (χ4v) is 3.34. The molecule has 2 heterocycles. The Morgan fingerprint density at radius 3 is 2.44 bits per heavy atom. The average Bonchev–Trinajstić information content (AvgIpc) is 2.96. The zero-order valence-electron chi connectivity index (χ0n) is 16.9. The van der Waals surface area contributed by atoms with Gasteiger partial charge in [0, 0.05) is 38.9 Å². The van der Waals surface area contributed by atoms with E-state index >= 15 is 0 Å². The van der Waals surface area contributed by atoms with Gasteiger partial charge in [-0.2, -0.15) is 0 Å². The number of aliphatic imine (C=N–C) groups is 1. The molecular weight excluding hydrogens is 453 g/mol. The molecule has 1 saturated heterocycles. The number of oxazole rings is 1. The van der Waals surface area contributed by atoms with E-state index in [-0.39, 0.29) is 24.0 Å². The zero-order chi connectivity index (χ0) is 18.7. The van der Waals surface area contributed by atoms with Gasteiger partial charge in [0.1, 0.15) is 5.76 Å². The van der Waals surface area contributed by atoms with Crippen LogP contribution < -0.4 is 10.2 Å². The average molecular weight is 483 g/mol. The number of nitrogens with one attached hydrogen (secondary N) is 1. The Hall–Kier alpha value is -1.77. The molecule has 3 rings (SSSR count). The molecule has 1 aliphatic rings. The summed E-state index contributed by atoms with van der Waals surface area (Å²) in [4.78, 5) is 13.6. The van der Waals surface area contributed by atoms with E-state index in [0.717, 1.165) is 43.6 Å². The van der Waals surface area contributed by atoms with Crippen LogP contribution in [0.4, 0.5) is 5.69 Å². The van der Waals surface area contributed by atoms with Crippen LogP contribution in [-0.2, 0) is 6.54 Å². The van der Waals surface area contributed by atoms with Crippen LogP contribution in [0, 0.1) is 27.7 Å². The number of piperazine rings is 1. The maximum atomic E-state index is 5.64. The Kier molecular flexibility index (Phi) is 7.52. The van der Waals surface area contributed by atoms with E-state index in [1.165, 1.54) is 16.8 Å². The molecular formula is C20H30IN5O. The molecule has 0 spiro atoms. The van der Waals surface area contributed by atoms with Crippen LogP contribution in [0.25, 0.3) is 0 Å². The van der Waals surface area contributed by atoms with Crippen LogP contribution in [0.1, 0.15) is 28.5 Å². The van der Waals surface area contributed by atoms with Gasteiger partial charge in [-0.3, -0.25) is 4.99 Å². The molecule has 148 valence electrons. The van der Waals surface area contributed by atoms with Crippen LogP contribution in [0.2, 0.25) is 0 Å². The van der Waals surface area contributed by atoms with Gasteiger partial charge in [0.15, 0.2) is 5.96 Å². The summed E-state index contributed by atoms with van der Waals surface area (Å²) < 4.78 is 5.64. The second kappa shape index (κ2) is 9.43. The van der Waals surface area contributed by atoms with Gasteiger partial charge in [0.05, 0.1) is 12.2 Å². The summed E-state index contributed by atoms with van der Waals surface area (Å²) in [5.41, 5.74) is 5.01. The smallest absolute Gasteiger partial charge is 0.214 e. The SMILES string of the molecule is CN=C(NCc1nc(C)c(C)o1)N1CCN(c2cccc(C)c2C)CC1.I. The third-order valence-corrected chi connectivity index (χ3v) is 5.18. The first-order valence-corrected chi connectivity index (χ1v) is 9.19. The van der Waals surface area contributed by atoms with Crippen molar-refractivity contribution < 1.29 is 4.42 Å². The standard InChI is InChI=1S/C20H29N5O.HI/c1-14-7-6-8-18(15(14)2)24-9-11-25(12-10-24)20(21-5)22-13-19-23-16(3)17(4)26-19;/h6-8H,9-13H2,1-5H3,(H,21,22);1H. The van der Waals surface area contributed by atoms with Crippen LogP contribution in [0.5, 0.6) is 0 Å². The summed E-state index contributed by atoms with van der Waals surface area (Å²) in [7, 11) is 1.82. The molecule has 1 aromatic carbocycles. The summed E-state index contributed by atoms with van der Waals surface area (Å²) in [6.45, 7) is 12.7. The number of aromatic nitrogens is 1. The van der Waals surface area contributed by atoms with E-state index in [0.29, 0.717) is 12.4 Å². The topological polar surface area (TPSA) is 56.9 Å². The number of hydrogen-bond donors (Lipinski definition) is 1. The first-order chi connectivity index (χ1) is 12.5. The highest BCUT2D eigenvalue weighted by molar-refractivity contribution is 14.0. The molecule has 1 fully saturated rings. The Balaban J connectivity index is 0.00000261. The maximum absolute atomic E-state index is 5.64. The summed E-state index contributed by atoms with van der Waals surface area (Å²) in [5, 5.41) is 3.37. The molecule has 0 radical (unpaired) electrons. The number of anilines is 1. The fraction of sp³-hybridized carbons (Fsp3) is 0.500. The Labute approximate surface area is 179 Å². The van der Waals surface area contributed by atoms with E-state index < -0.39 is 0 Å². The van der Waals surface area contributed by atoms with E-state index in [1.807, 2.05) is 20.9 Å². The Bertz CT molecular complexity index is 774. The van der Waals surface area contributed by atoms with Gasteiger partial charge in [0.2, 0.25) is 5.89 Å². The lowest BCUT2D eigenvalue weighted by molar-refractivity contribution is 0.368. The summed E-state index contributed by atoms with van der Waals surface area (Å²) in [6, 6.07) is 6.54. The predicted octanol–water partition coefficient (Wildman–Crippen LogP) is 3.42. The molecule has 0 bridgehead atoms. The van der Waals surface area contributed by atoms with Crippen molar-refractivity contribution in [2.24, 2.45) is 4.99 Å². The molecule has 1 N–H and O–H groups in total. The van der Waals surface area contributed by atoms with Crippen molar-refractivity contribution in [3.05, 3.63) is 46.7 Å². The largest absolute Gasteiger partial charge is 0.444 e. The number of guanidine groups is 1. The molecule has 0 atom stereocenters. The lowest BCUT2D eigenvalue weighted by Crippen LogP contribution is -2.52. The highest BCUT2D eigenvalue weighted by Gasteiger charge is 2.21. The highest BCUT2D eigenvalue weighted by Crippen LogP contribution is 2.23. The monoisotopic (exact) mass is 483 g/mol. The van der Waals surface area contributed by atoms with Gasteiger partial charge in [-0.15, -0.1) is 24.0 Å². The first kappa shape index (κ1) is 21.5. The van der Waals surface area contributed by atoms with Crippen molar-refractivity contribution >= 4 is 35.6 Å².